The summed E-state index contributed by atoms with van der Waals surface area (Å²) in [6.07, 6.45) is 3.96. The summed E-state index contributed by atoms with van der Waals surface area (Å²) in [6.45, 7) is 7.58. The summed E-state index contributed by atoms with van der Waals surface area (Å²) < 4.78 is 1.99. The summed E-state index contributed by atoms with van der Waals surface area (Å²) in [5, 5.41) is 4.12. The van der Waals surface area contributed by atoms with Crippen LogP contribution >= 0.6 is 11.6 Å². The molecule has 0 aromatic carbocycles. The largest absolute Gasteiger partial charge is 0.314 e. The van der Waals surface area contributed by atoms with Gasteiger partial charge in [-0.15, -0.1) is 0 Å². The second-order valence-electron chi connectivity index (χ2n) is 5.67. The molecule has 1 aliphatic heterocycles. The van der Waals surface area contributed by atoms with Gasteiger partial charge in [-0.05, 0) is 19.2 Å². The molecule has 21 heavy (non-hydrogen) atoms. The summed E-state index contributed by atoms with van der Waals surface area (Å²) in [5.74, 6) is 0. The van der Waals surface area contributed by atoms with Crippen LogP contribution in [0.5, 0.6) is 0 Å². The lowest BCUT2D eigenvalue weighted by Gasteiger charge is -2.28. The van der Waals surface area contributed by atoms with E-state index in [4.69, 9.17) is 11.6 Å². The summed E-state index contributed by atoms with van der Waals surface area (Å²) in [6, 6.07) is 3.83. The van der Waals surface area contributed by atoms with Crippen LogP contribution in [0, 0.1) is 0 Å². The molecule has 3 heterocycles. The number of fused-ring (bicyclic) bond motifs is 1. The van der Waals surface area contributed by atoms with Crippen LogP contribution in [0.1, 0.15) is 5.69 Å². The molecule has 5 nitrogen and oxygen atoms in total. The Kier molecular flexibility index (Phi) is 4.75. The van der Waals surface area contributed by atoms with Crippen molar-refractivity contribution in [2.45, 2.75) is 6.54 Å². The highest BCUT2D eigenvalue weighted by Gasteiger charge is 2.11. The highest BCUT2D eigenvalue weighted by Crippen LogP contribution is 2.12. The second-order valence-corrected chi connectivity index (χ2v) is 6.11. The van der Waals surface area contributed by atoms with Crippen LogP contribution in [0.25, 0.3) is 5.65 Å². The topological polar surface area (TPSA) is 35.8 Å². The van der Waals surface area contributed by atoms with Crippen molar-refractivity contribution < 1.29 is 0 Å². The Morgan fingerprint density at radius 2 is 2.10 bits per heavy atom. The second kappa shape index (κ2) is 6.75. The van der Waals surface area contributed by atoms with Crippen molar-refractivity contribution in [2.24, 2.45) is 0 Å². The Hall–Kier alpha value is -1.14. The smallest absolute Gasteiger partial charge is 0.137 e. The fourth-order valence-electron chi connectivity index (χ4n) is 2.70. The number of nitrogens with one attached hydrogen (secondary N) is 1. The molecular weight excluding hydrogens is 286 g/mol. The predicted molar refractivity (Wildman–Crippen MR) is 85.8 cm³/mol. The third-order valence-electron chi connectivity index (χ3n) is 3.90. The molecule has 2 aromatic heterocycles. The number of aromatic nitrogens is 2. The van der Waals surface area contributed by atoms with Gasteiger partial charge in [-0.25, -0.2) is 4.98 Å². The first-order chi connectivity index (χ1) is 10.2. The van der Waals surface area contributed by atoms with E-state index in [9.17, 15) is 0 Å². The van der Waals surface area contributed by atoms with E-state index in [1.54, 1.807) is 0 Å². The van der Waals surface area contributed by atoms with Gasteiger partial charge in [-0.2, -0.15) is 0 Å². The molecule has 1 aliphatic rings. The lowest BCUT2D eigenvalue weighted by Crippen LogP contribution is -2.45. The van der Waals surface area contributed by atoms with Gasteiger partial charge >= 0.3 is 0 Å². The molecule has 1 saturated heterocycles. The molecule has 0 aliphatic carbocycles. The minimum Gasteiger partial charge on any atom is -0.314 e. The Labute approximate surface area is 130 Å². The zero-order valence-corrected chi connectivity index (χ0v) is 13.2. The number of rotatable bonds is 5. The van der Waals surface area contributed by atoms with Crippen molar-refractivity contribution in [3.05, 3.63) is 35.2 Å². The van der Waals surface area contributed by atoms with Gasteiger partial charge < -0.3 is 9.72 Å². The number of nitrogens with zero attached hydrogens (tertiary/aromatic N) is 4. The van der Waals surface area contributed by atoms with Crippen molar-refractivity contribution in [1.82, 2.24) is 24.5 Å². The van der Waals surface area contributed by atoms with Gasteiger partial charge in [0.15, 0.2) is 0 Å². The molecule has 1 N–H and O–H groups in total. The van der Waals surface area contributed by atoms with Crippen LogP contribution < -0.4 is 5.32 Å². The van der Waals surface area contributed by atoms with Crippen LogP contribution in [0.4, 0.5) is 0 Å². The molecule has 0 bridgehead atoms. The molecule has 6 heteroatoms. The molecule has 0 saturated carbocycles. The SMILES string of the molecule is CN(CCN1CCNCC1)Cc1cn2cc(Cl)ccc2n1. The molecule has 0 amide bonds. The van der Waals surface area contributed by atoms with Crippen molar-refractivity contribution in [3.8, 4) is 0 Å². The van der Waals surface area contributed by atoms with Gasteiger partial charge in [0.2, 0.25) is 0 Å². The van der Waals surface area contributed by atoms with E-state index in [1.807, 2.05) is 22.7 Å². The highest BCUT2D eigenvalue weighted by molar-refractivity contribution is 6.30. The highest BCUT2D eigenvalue weighted by atomic mass is 35.5. The van der Waals surface area contributed by atoms with Crippen molar-refractivity contribution in [3.63, 3.8) is 0 Å². The lowest BCUT2D eigenvalue weighted by atomic mass is 10.3. The fraction of sp³-hybridized carbons (Fsp3) is 0.533. The predicted octanol–water partition coefficient (Wildman–Crippen LogP) is 1.32. The van der Waals surface area contributed by atoms with E-state index >= 15 is 0 Å². The maximum atomic E-state index is 6.00. The van der Waals surface area contributed by atoms with Crippen LogP contribution in [-0.2, 0) is 6.54 Å². The summed E-state index contributed by atoms with van der Waals surface area (Å²) in [7, 11) is 2.15. The maximum absolute atomic E-state index is 6.00. The number of hydrogen-bond donors (Lipinski definition) is 1. The number of piperazine rings is 1. The molecule has 0 radical (unpaired) electrons. The Morgan fingerprint density at radius 3 is 2.90 bits per heavy atom. The monoisotopic (exact) mass is 307 g/mol. The molecular formula is C15H22ClN5. The summed E-state index contributed by atoms with van der Waals surface area (Å²) in [4.78, 5) is 9.46. The summed E-state index contributed by atoms with van der Waals surface area (Å²) >= 11 is 6.00. The number of hydrogen-bond acceptors (Lipinski definition) is 4. The Bertz CT molecular complexity index is 591. The zero-order chi connectivity index (χ0) is 14.7. The van der Waals surface area contributed by atoms with Gasteiger partial charge in [0.05, 0.1) is 10.7 Å². The lowest BCUT2D eigenvalue weighted by molar-refractivity contribution is 0.201. The fourth-order valence-corrected chi connectivity index (χ4v) is 2.86. The minimum atomic E-state index is 0.735. The first kappa shape index (κ1) is 14.8. The van der Waals surface area contributed by atoms with E-state index < -0.39 is 0 Å². The van der Waals surface area contributed by atoms with Crippen molar-refractivity contribution in [1.29, 1.82) is 0 Å². The zero-order valence-electron chi connectivity index (χ0n) is 12.4. The first-order valence-electron chi connectivity index (χ1n) is 7.45. The van der Waals surface area contributed by atoms with E-state index in [-0.39, 0.29) is 0 Å². The van der Waals surface area contributed by atoms with Gasteiger partial charge in [0.25, 0.3) is 0 Å². The van der Waals surface area contributed by atoms with Crippen molar-refractivity contribution in [2.75, 3.05) is 46.3 Å². The molecule has 0 spiro atoms. The number of halogens is 1. The molecule has 114 valence electrons. The van der Waals surface area contributed by atoms with Crippen LogP contribution in [0.3, 0.4) is 0 Å². The minimum absolute atomic E-state index is 0.735. The van der Waals surface area contributed by atoms with E-state index in [2.05, 4.69) is 33.3 Å². The maximum Gasteiger partial charge on any atom is 0.137 e. The quantitative estimate of drug-likeness (QED) is 0.904. The van der Waals surface area contributed by atoms with Gasteiger partial charge in [0.1, 0.15) is 5.65 Å². The Balaban J connectivity index is 1.54. The van der Waals surface area contributed by atoms with Crippen LogP contribution in [0.2, 0.25) is 5.02 Å². The normalized spacial score (nSPS) is 16.9. The van der Waals surface area contributed by atoms with E-state index in [0.717, 1.165) is 62.2 Å². The van der Waals surface area contributed by atoms with E-state index in [0.29, 0.717) is 0 Å². The van der Waals surface area contributed by atoms with Crippen LogP contribution in [0.15, 0.2) is 24.5 Å². The average molecular weight is 308 g/mol. The van der Waals surface area contributed by atoms with Crippen molar-refractivity contribution >= 4 is 17.2 Å². The molecule has 2 aromatic rings. The Morgan fingerprint density at radius 1 is 1.29 bits per heavy atom. The number of likely N-dealkylation sites (N-methyl/N-ethyl adjacent to an activating group) is 1. The molecule has 0 unspecified atom stereocenters. The van der Waals surface area contributed by atoms with Gasteiger partial charge in [-0.3, -0.25) is 9.80 Å². The average Bonchev–Trinajstić information content (AvgIpc) is 2.87. The molecule has 0 atom stereocenters. The van der Waals surface area contributed by atoms with Gasteiger partial charge in [0, 0.05) is 58.2 Å². The standard InChI is InChI=1S/C15H22ClN5/c1-19(8-9-20-6-4-17-5-7-20)11-14-12-21-10-13(16)2-3-15(21)18-14/h2-3,10,12,17H,4-9,11H2,1H3. The van der Waals surface area contributed by atoms with Crippen LogP contribution in [-0.4, -0.2) is 65.5 Å². The first-order valence-corrected chi connectivity index (χ1v) is 7.83. The third kappa shape index (κ3) is 3.95. The number of pyridine rings is 1. The van der Waals surface area contributed by atoms with Gasteiger partial charge in [-0.1, -0.05) is 11.6 Å². The van der Waals surface area contributed by atoms with E-state index in [1.165, 1.54) is 0 Å². The third-order valence-corrected chi connectivity index (χ3v) is 4.13. The molecule has 1 fully saturated rings. The number of imidazole rings is 1. The summed E-state index contributed by atoms with van der Waals surface area (Å²) in [5.41, 5.74) is 2.03. The molecule has 3 rings (SSSR count).